The first kappa shape index (κ1) is 13.4. The maximum atomic E-state index is 10.4. The Balaban J connectivity index is 1.76. The lowest BCUT2D eigenvalue weighted by Crippen LogP contribution is -2.24. The highest BCUT2D eigenvalue weighted by molar-refractivity contribution is 5.89. The van der Waals surface area contributed by atoms with Crippen molar-refractivity contribution in [3.05, 3.63) is 42.0 Å². The van der Waals surface area contributed by atoms with Crippen LogP contribution in [0.2, 0.25) is 0 Å². The van der Waals surface area contributed by atoms with Gasteiger partial charge in [-0.2, -0.15) is 5.48 Å². The first-order valence-electron chi connectivity index (χ1n) is 7.37. The summed E-state index contributed by atoms with van der Waals surface area (Å²) in [6.45, 7) is 2.01. The maximum absolute atomic E-state index is 10.4. The summed E-state index contributed by atoms with van der Waals surface area (Å²) in [5.74, 6) is 0.345. The van der Waals surface area contributed by atoms with E-state index in [4.69, 9.17) is 4.84 Å². The number of hydroxylamine groups is 1. The van der Waals surface area contributed by atoms with Crippen LogP contribution in [0.25, 0.3) is 10.8 Å². The van der Waals surface area contributed by atoms with E-state index in [1.807, 2.05) is 43.3 Å². The molecule has 3 heteroatoms. The summed E-state index contributed by atoms with van der Waals surface area (Å²) in [5.41, 5.74) is 3.96. The van der Waals surface area contributed by atoms with Crippen molar-refractivity contribution in [2.24, 2.45) is 0 Å². The topological polar surface area (TPSA) is 41.5 Å². The zero-order valence-corrected chi connectivity index (χ0v) is 11.8. The molecule has 0 saturated heterocycles. The minimum Gasteiger partial charge on any atom is -0.507 e. The number of benzene rings is 2. The Hall–Kier alpha value is -1.58. The average molecular weight is 271 g/mol. The smallest absolute Gasteiger partial charge is 0.128 e. The molecule has 1 unspecified atom stereocenters. The first-order chi connectivity index (χ1) is 9.75. The van der Waals surface area contributed by atoms with Crippen LogP contribution in [-0.2, 0) is 4.84 Å². The molecule has 0 aliphatic heterocycles. The van der Waals surface area contributed by atoms with E-state index < -0.39 is 0 Å². The van der Waals surface area contributed by atoms with Gasteiger partial charge >= 0.3 is 0 Å². The van der Waals surface area contributed by atoms with Crippen LogP contribution in [0.3, 0.4) is 0 Å². The Morgan fingerprint density at radius 3 is 2.70 bits per heavy atom. The zero-order chi connectivity index (χ0) is 13.9. The van der Waals surface area contributed by atoms with E-state index in [1.54, 1.807) is 0 Å². The quantitative estimate of drug-likeness (QED) is 0.824. The molecule has 0 amide bonds. The third kappa shape index (κ3) is 2.65. The standard InChI is InChI=1S/C17H21NO2/c1-12(18-20-14-7-3-4-8-14)15-11-10-13-6-2-5-9-16(13)17(15)19/h2,5-6,9-12,14,18-19H,3-4,7-8H2,1H3. The molecule has 3 nitrogen and oxygen atoms in total. The Labute approximate surface area is 119 Å². The minimum atomic E-state index is -0.0276. The van der Waals surface area contributed by atoms with Crippen molar-refractivity contribution in [2.45, 2.75) is 44.8 Å². The van der Waals surface area contributed by atoms with Crippen LogP contribution in [-0.4, -0.2) is 11.2 Å². The highest BCUT2D eigenvalue weighted by Gasteiger charge is 2.18. The van der Waals surface area contributed by atoms with Gasteiger partial charge in [-0.05, 0) is 25.2 Å². The Morgan fingerprint density at radius 2 is 1.90 bits per heavy atom. The average Bonchev–Trinajstić information content (AvgIpc) is 2.99. The fraction of sp³-hybridized carbons (Fsp3) is 0.412. The van der Waals surface area contributed by atoms with Gasteiger partial charge < -0.3 is 5.11 Å². The van der Waals surface area contributed by atoms with Crippen LogP contribution in [0.1, 0.15) is 44.2 Å². The van der Waals surface area contributed by atoms with Crippen molar-refractivity contribution in [2.75, 3.05) is 0 Å². The molecule has 2 N–H and O–H groups in total. The van der Waals surface area contributed by atoms with E-state index in [2.05, 4.69) is 5.48 Å². The van der Waals surface area contributed by atoms with Gasteiger partial charge in [-0.3, -0.25) is 4.84 Å². The van der Waals surface area contributed by atoms with E-state index >= 15 is 0 Å². The second-order valence-electron chi connectivity index (χ2n) is 5.59. The van der Waals surface area contributed by atoms with Gasteiger partial charge in [0.05, 0.1) is 12.1 Å². The maximum Gasteiger partial charge on any atom is 0.128 e. The van der Waals surface area contributed by atoms with Gasteiger partial charge in [0.1, 0.15) is 5.75 Å². The lowest BCUT2D eigenvalue weighted by atomic mass is 10.0. The predicted molar refractivity (Wildman–Crippen MR) is 80.5 cm³/mol. The molecule has 3 rings (SSSR count). The number of phenolic OH excluding ortho intramolecular Hbond substituents is 1. The van der Waals surface area contributed by atoms with E-state index in [9.17, 15) is 5.11 Å². The van der Waals surface area contributed by atoms with E-state index in [0.717, 1.165) is 29.2 Å². The number of rotatable bonds is 4. The Kier molecular flexibility index (Phi) is 3.90. The summed E-state index contributed by atoms with van der Waals surface area (Å²) < 4.78 is 0. The lowest BCUT2D eigenvalue weighted by Gasteiger charge is -2.19. The first-order valence-corrected chi connectivity index (χ1v) is 7.37. The van der Waals surface area contributed by atoms with Gasteiger partial charge in [0.15, 0.2) is 0 Å². The van der Waals surface area contributed by atoms with Crippen LogP contribution in [0, 0.1) is 0 Å². The molecular weight excluding hydrogens is 250 g/mol. The zero-order valence-electron chi connectivity index (χ0n) is 11.8. The minimum absolute atomic E-state index is 0.0276. The molecule has 0 spiro atoms. The Bertz CT molecular complexity index is 591. The van der Waals surface area contributed by atoms with Crippen LogP contribution in [0.15, 0.2) is 36.4 Å². The molecule has 1 saturated carbocycles. The normalized spacial score (nSPS) is 17.6. The molecule has 1 atom stereocenters. The van der Waals surface area contributed by atoms with E-state index in [-0.39, 0.29) is 6.04 Å². The number of nitrogens with one attached hydrogen (secondary N) is 1. The van der Waals surface area contributed by atoms with Crippen LogP contribution < -0.4 is 5.48 Å². The molecular formula is C17H21NO2. The molecule has 0 aromatic heterocycles. The van der Waals surface area contributed by atoms with Gasteiger partial charge in [0, 0.05) is 10.9 Å². The van der Waals surface area contributed by atoms with E-state index in [1.165, 1.54) is 12.8 Å². The highest BCUT2D eigenvalue weighted by Crippen LogP contribution is 2.32. The summed E-state index contributed by atoms with van der Waals surface area (Å²) >= 11 is 0. The van der Waals surface area contributed by atoms with Gasteiger partial charge in [-0.15, -0.1) is 0 Å². The van der Waals surface area contributed by atoms with Crippen molar-refractivity contribution in [3.8, 4) is 5.75 Å². The highest BCUT2D eigenvalue weighted by atomic mass is 16.7. The molecule has 1 aliphatic carbocycles. The number of hydrogen-bond donors (Lipinski definition) is 2. The largest absolute Gasteiger partial charge is 0.507 e. The molecule has 1 aliphatic rings. The van der Waals surface area contributed by atoms with Gasteiger partial charge in [0.2, 0.25) is 0 Å². The summed E-state index contributed by atoms with van der Waals surface area (Å²) in [7, 11) is 0. The Morgan fingerprint density at radius 1 is 1.15 bits per heavy atom. The number of aromatic hydroxyl groups is 1. The number of phenols is 1. The lowest BCUT2D eigenvalue weighted by molar-refractivity contribution is -0.0379. The second-order valence-corrected chi connectivity index (χ2v) is 5.59. The number of fused-ring (bicyclic) bond motifs is 1. The molecule has 0 radical (unpaired) electrons. The molecule has 0 bridgehead atoms. The third-order valence-electron chi connectivity index (χ3n) is 4.11. The molecule has 2 aromatic carbocycles. The molecule has 20 heavy (non-hydrogen) atoms. The van der Waals surface area contributed by atoms with Gasteiger partial charge in [-0.1, -0.05) is 49.2 Å². The summed E-state index contributed by atoms with van der Waals surface area (Å²) in [4.78, 5) is 5.73. The SMILES string of the molecule is CC(NOC1CCCC1)c1ccc2ccccc2c1O. The van der Waals surface area contributed by atoms with Crippen LogP contribution >= 0.6 is 0 Å². The summed E-state index contributed by atoms with van der Waals surface area (Å²) in [6, 6.07) is 11.8. The molecule has 1 fully saturated rings. The van der Waals surface area contributed by atoms with Crippen molar-refractivity contribution < 1.29 is 9.94 Å². The fourth-order valence-electron chi connectivity index (χ4n) is 2.89. The predicted octanol–water partition coefficient (Wildman–Crippen LogP) is 4.07. The molecule has 2 aromatic rings. The van der Waals surface area contributed by atoms with Gasteiger partial charge in [-0.25, -0.2) is 0 Å². The summed E-state index contributed by atoms with van der Waals surface area (Å²) in [6.07, 6.45) is 5.08. The van der Waals surface area contributed by atoms with Gasteiger partial charge in [0.25, 0.3) is 0 Å². The van der Waals surface area contributed by atoms with Crippen molar-refractivity contribution in [1.82, 2.24) is 5.48 Å². The monoisotopic (exact) mass is 271 g/mol. The third-order valence-corrected chi connectivity index (χ3v) is 4.11. The fourth-order valence-corrected chi connectivity index (χ4v) is 2.89. The number of hydrogen-bond acceptors (Lipinski definition) is 3. The van der Waals surface area contributed by atoms with Crippen molar-refractivity contribution in [1.29, 1.82) is 0 Å². The van der Waals surface area contributed by atoms with Crippen molar-refractivity contribution >= 4 is 10.8 Å². The van der Waals surface area contributed by atoms with Crippen LogP contribution in [0.4, 0.5) is 0 Å². The second kappa shape index (κ2) is 5.81. The van der Waals surface area contributed by atoms with Crippen LogP contribution in [0.5, 0.6) is 5.75 Å². The van der Waals surface area contributed by atoms with Crippen molar-refractivity contribution in [3.63, 3.8) is 0 Å². The molecule has 106 valence electrons. The summed E-state index contributed by atoms with van der Waals surface area (Å²) in [5, 5.41) is 12.4. The molecule has 0 heterocycles. The van der Waals surface area contributed by atoms with E-state index in [0.29, 0.717) is 11.9 Å².